The predicted molar refractivity (Wildman–Crippen MR) is 84.2 cm³/mol. The molecule has 0 heterocycles. The summed E-state index contributed by atoms with van der Waals surface area (Å²) in [5, 5.41) is 14.7. The Bertz CT molecular complexity index is 568. The van der Waals surface area contributed by atoms with Crippen LogP contribution in [0.3, 0.4) is 0 Å². The summed E-state index contributed by atoms with van der Waals surface area (Å²) < 4.78 is 0. The summed E-state index contributed by atoms with van der Waals surface area (Å²) in [5.41, 5.74) is 0.375. The maximum Gasteiger partial charge on any atom is 0.326 e. The molecule has 0 aliphatic heterocycles. The standard InChI is InChI=1S/C14H18Cl2N2O3/c1-7-5-6-8(15)10(9(7)16)17-13(21)18-11(12(19)20)14(2,3)4/h5-6,11H,1-4H3,(H,19,20)(H2,17,18,21)/t11-/m1/s1. The first-order valence-corrected chi connectivity index (χ1v) is 7.04. The van der Waals surface area contributed by atoms with Gasteiger partial charge in [-0.1, -0.05) is 50.0 Å². The molecule has 5 nitrogen and oxygen atoms in total. The van der Waals surface area contributed by atoms with Crippen molar-refractivity contribution >= 4 is 40.9 Å². The van der Waals surface area contributed by atoms with Crippen molar-refractivity contribution in [1.82, 2.24) is 5.32 Å². The number of urea groups is 1. The molecule has 0 bridgehead atoms. The fourth-order valence-electron chi connectivity index (χ4n) is 1.70. The quantitative estimate of drug-likeness (QED) is 0.784. The molecule has 0 spiro atoms. The van der Waals surface area contributed by atoms with Gasteiger partial charge < -0.3 is 15.7 Å². The van der Waals surface area contributed by atoms with Crippen LogP contribution in [-0.2, 0) is 4.79 Å². The first-order chi connectivity index (χ1) is 9.54. The molecule has 0 saturated carbocycles. The molecular formula is C14H18Cl2N2O3. The number of carboxylic acid groups (broad SMARTS) is 1. The van der Waals surface area contributed by atoms with Crippen LogP contribution in [0.1, 0.15) is 26.3 Å². The van der Waals surface area contributed by atoms with E-state index in [1.54, 1.807) is 39.8 Å². The summed E-state index contributed by atoms with van der Waals surface area (Å²) in [6.45, 7) is 6.94. The van der Waals surface area contributed by atoms with E-state index in [1.165, 1.54) is 0 Å². The zero-order valence-corrected chi connectivity index (χ0v) is 13.8. The minimum Gasteiger partial charge on any atom is -0.480 e. The number of amides is 2. The number of rotatable bonds is 3. The summed E-state index contributed by atoms with van der Waals surface area (Å²) in [4.78, 5) is 23.2. The molecule has 0 aliphatic carbocycles. The number of carbonyl (C=O) groups excluding carboxylic acids is 1. The molecule has 21 heavy (non-hydrogen) atoms. The molecule has 0 saturated heterocycles. The van der Waals surface area contributed by atoms with Gasteiger partial charge in [-0.05, 0) is 24.0 Å². The number of aliphatic carboxylic acids is 1. The van der Waals surface area contributed by atoms with E-state index >= 15 is 0 Å². The lowest BCUT2D eigenvalue weighted by molar-refractivity contribution is -0.141. The van der Waals surface area contributed by atoms with Gasteiger partial charge >= 0.3 is 12.0 Å². The maximum atomic E-state index is 12.0. The minimum absolute atomic E-state index is 0.258. The molecule has 1 atom stereocenters. The lowest BCUT2D eigenvalue weighted by atomic mass is 9.87. The van der Waals surface area contributed by atoms with Gasteiger partial charge in [0.15, 0.2) is 0 Å². The van der Waals surface area contributed by atoms with Crippen LogP contribution < -0.4 is 10.6 Å². The zero-order valence-electron chi connectivity index (χ0n) is 12.3. The van der Waals surface area contributed by atoms with Gasteiger partial charge in [0.25, 0.3) is 0 Å². The number of nitrogens with one attached hydrogen (secondary N) is 2. The molecule has 1 rings (SSSR count). The van der Waals surface area contributed by atoms with Gasteiger partial charge in [0.1, 0.15) is 6.04 Å². The van der Waals surface area contributed by atoms with Crippen molar-refractivity contribution in [3.63, 3.8) is 0 Å². The van der Waals surface area contributed by atoms with Crippen molar-refractivity contribution in [3.8, 4) is 0 Å². The Balaban J connectivity index is 2.92. The van der Waals surface area contributed by atoms with E-state index in [4.69, 9.17) is 23.2 Å². The number of benzene rings is 1. The molecule has 0 fully saturated rings. The van der Waals surface area contributed by atoms with Crippen LogP contribution in [0.5, 0.6) is 0 Å². The smallest absolute Gasteiger partial charge is 0.326 e. The normalized spacial score (nSPS) is 12.7. The molecular weight excluding hydrogens is 315 g/mol. The maximum absolute atomic E-state index is 12.0. The van der Waals surface area contributed by atoms with Crippen molar-refractivity contribution in [3.05, 3.63) is 27.7 Å². The summed E-state index contributed by atoms with van der Waals surface area (Å²) in [7, 11) is 0. The molecule has 116 valence electrons. The van der Waals surface area contributed by atoms with E-state index in [1.807, 2.05) is 0 Å². The second kappa shape index (κ2) is 6.54. The van der Waals surface area contributed by atoms with Gasteiger partial charge in [0.05, 0.1) is 15.7 Å². The van der Waals surface area contributed by atoms with Gasteiger partial charge in [-0.25, -0.2) is 9.59 Å². The fourth-order valence-corrected chi connectivity index (χ4v) is 2.17. The number of carbonyl (C=O) groups is 2. The van der Waals surface area contributed by atoms with Crippen LogP contribution >= 0.6 is 23.2 Å². The van der Waals surface area contributed by atoms with Crippen LogP contribution in [0.4, 0.5) is 10.5 Å². The lowest BCUT2D eigenvalue weighted by Crippen LogP contribution is -2.50. The zero-order chi connectivity index (χ0) is 16.4. The highest BCUT2D eigenvalue weighted by molar-refractivity contribution is 6.40. The Kier molecular flexibility index (Phi) is 5.48. The van der Waals surface area contributed by atoms with E-state index in [0.29, 0.717) is 5.02 Å². The van der Waals surface area contributed by atoms with Gasteiger partial charge in [-0.3, -0.25) is 0 Å². The lowest BCUT2D eigenvalue weighted by Gasteiger charge is -2.27. The van der Waals surface area contributed by atoms with Crippen molar-refractivity contribution in [2.75, 3.05) is 5.32 Å². The van der Waals surface area contributed by atoms with Crippen LogP contribution in [0.2, 0.25) is 10.0 Å². The Hall–Kier alpha value is -1.46. The molecule has 0 aromatic heterocycles. The molecule has 2 amide bonds. The fraction of sp³-hybridized carbons (Fsp3) is 0.429. The van der Waals surface area contributed by atoms with E-state index in [2.05, 4.69) is 10.6 Å². The number of hydrogen-bond acceptors (Lipinski definition) is 2. The van der Waals surface area contributed by atoms with Gasteiger partial charge in [0, 0.05) is 0 Å². The van der Waals surface area contributed by atoms with Crippen molar-refractivity contribution in [2.24, 2.45) is 5.41 Å². The molecule has 0 aliphatic rings. The van der Waals surface area contributed by atoms with Crippen LogP contribution in [0.25, 0.3) is 0 Å². The Morgan fingerprint density at radius 3 is 2.29 bits per heavy atom. The van der Waals surface area contributed by atoms with Crippen molar-refractivity contribution in [1.29, 1.82) is 0 Å². The summed E-state index contributed by atoms with van der Waals surface area (Å²) in [6.07, 6.45) is 0. The number of halogens is 2. The molecule has 0 radical (unpaired) electrons. The van der Waals surface area contributed by atoms with Gasteiger partial charge in [0.2, 0.25) is 0 Å². The van der Waals surface area contributed by atoms with Gasteiger partial charge in [-0.15, -0.1) is 0 Å². The Morgan fingerprint density at radius 2 is 1.81 bits per heavy atom. The molecule has 1 aromatic carbocycles. The highest BCUT2D eigenvalue weighted by Gasteiger charge is 2.32. The average molecular weight is 333 g/mol. The van der Waals surface area contributed by atoms with Crippen LogP contribution in [0, 0.1) is 12.3 Å². The second-order valence-electron chi connectivity index (χ2n) is 5.79. The number of carboxylic acids is 1. The summed E-state index contributed by atoms with van der Waals surface area (Å²) >= 11 is 12.1. The minimum atomic E-state index is -1.11. The highest BCUT2D eigenvalue weighted by atomic mass is 35.5. The summed E-state index contributed by atoms with van der Waals surface area (Å²) in [5.74, 6) is -1.11. The van der Waals surface area contributed by atoms with Gasteiger partial charge in [-0.2, -0.15) is 0 Å². The largest absolute Gasteiger partial charge is 0.480 e. The summed E-state index contributed by atoms with van der Waals surface area (Å²) in [6, 6.07) is 1.62. The highest BCUT2D eigenvalue weighted by Crippen LogP contribution is 2.32. The van der Waals surface area contributed by atoms with E-state index in [-0.39, 0.29) is 10.7 Å². The van der Waals surface area contributed by atoms with E-state index < -0.39 is 23.5 Å². The molecule has 1 aromatic rings. The van der Waals surface area contributed by atoms with Crippen molar-refractivity contribution < 1.29 is 14.7 Å². The number of anilines is 1. The Morgan fingerprint density at radius 1 is 1.24 bits per heavy atom. The monoisotopic (exact) mass is 332 g/mol. The molecule has 3 N–H and O–H groups in total. The average Bonchev–Trinajstić information content (AvgIpc) is 2.34. The number of hydrogen-bond donors (Lipinski definition) is 3. The third kappa shape index (κ3) is 4.51. The third-order valence-electron chi connectivity index (χ3n) is 2.91. The second-order valence-corrected chi connectivity index (χ2v) is 6.57. The van der Waals surface area contributed by atoms with Crippen molar-refractivity contribution in [2.45, 2.75) is 33.7 Å². The number of aryl methyl sites for hydroxylation is 1. The Labute approximate surface area is 133 Å². The van der Waals surface area contributed by atoms with E-state index in [0.717, 1.165) is 5.56 Å². The third-order valence-corrected chi connectivity index (χ3v) is 3.71. The first kappa shape index (κ1) is 17.6. The first-order valence-electron chi connectivity index (χ1n) is 6.29. The molecule has 7 heteroatoms. The van der Waals surface area contributed by atoms with Crippen LogP contribution in [0.15, 0.2) is 12.1 Å². The predicted octanol–water partition coefficient (Wildman–Crippen LogP) is 3.92. The SMILES string of the molecule is Cc1ccc(Cl)c(NC(=O)N[C@H](C(=O)O)C(C)(C)C)c1Cl. The van der Waals surface area contributed by atoms with Crippen LogP contribution in [-0.4, -0.2) is 23.1 Å². The topological polar surface area (TPSA) is 78.4 Å². The molecule has 0 unspecified atom stereocenters. The van der Waals surface area contributed by atoms with E-state index in [9.17, 15) is 14.7 Å².